The smallest absolute Gasteiger partial charge is 0.247 e. The van der Waals surface area contributed by atoms with E-state index in [1.54, 1.807) is 13.8 Å². The number of aromatic nitrogens is 2. The van der Waals surface area contributed by atoms with E-state index in [0.717, 1.165) is 25.9 Å². The molecule has 1 fully saturated rings. The van der Waals surface area contributed by atoms with Crippen molar-refractivity contribution >= 4 is 9.84 Å². The summed E-state index contributed by atoms with van der Waals surface area (Å²) in [6.45, 7) is 4.99. The van der Waals surface area contributed by atoms with Crippen molar-refractivity contribution in [1.82, 2.24) is 15.5 Å². The van der Waals surface area contributed by atoms with Gasteiger partial charge in [-0.1, -0.05) is 5.16 Å². The van der Waals surface area contributed by atoms with Gasteiger partial charge in [0.2, 0.25) is 5.89 Å². The molecule has 0 amide bonds. The Bertz CT molecular complexity index is 515. The molecule has 18 heavy (non-hydrogen) atoms. The van der Waals surface area contributed by atoms with E-state index in [-0.39, 0.29) is 11.8 Å². The van der Waals surface area contributed by atoms with Crippen molar-refractivity contribution in [3.63, 3.8) is 0 Å². The Balaban J connectivity index is 2.25. The lowest BCUT2D eigenvalue weighted by atomic mass is 9.99. The van der Waals surface area contributed by atoms with E-state index >= 15 is 0 Å². The van der Waals surface area contributed by atoms with E-state index < -0.39 is 14.6 Å². The molecule has 1 aromatic rings. The first-order valence-corrected chi connectivity index (χ1v) is 7.96. The van der Waals surface area contributed by atoms with Crippen molar-refractivity contribution in [2.45, 2.75) is 37.4 Å². The molecule has 102 valence electrons. The second kappa shape index (κ2) is 4.62. The van der Waals surface area contributed by atoms with Crippen LogP contribution in [0.25, 0.3) is 0 Å². The highest BCUT2D eigenvalue weighted by Crippen LogP contribution is 2.29. The van der Waals surface area contributed by atoms with Gasteiger partial charge in [0.15, 0.2) is 15.7 Å². The third kappa shape index (κ3) is 2.42. The fourth-order valence-electron chi connectivity index (χ4n) is 1.88. The Kier molecular flexibility index (Phi) is 3.46. The first kappa shape index (κ1) is 13.5. The number of sulfone groups is 1. The first-order valence-electron chi connectivity index (χ1n) is 6.07. The zero-order valence-corrected chi connectivity index (χ0v) is 11.7. The van der Waals surface area contributed by atoms with Crippen molar-refractivity contribution in [3.8, 4) is 0 Å². The van der Waals surface area contributed by atoms with Crippen molar-refractivity contribution in [1.29, 1.82) is 0 Å². The molecule has 2 rings (SSSR count). The maximum Gasteiger partial charge on any atom is 0.247 e. The predicted octanol–water partition coefficient (Wildman–Crippen LogP) is 0.816. The second-order valence-corrected chi connectivity index (χ2v) is 7.85. The molecule has 1 aliphatic heterocycles. The van der Waals surface area contributed by atoms with Gasteiger partial charge in [-0.15, -0.1) is 0 Å². The molecule has 1 saturated heterocycles. The van der Waals surface area contributed by atoms with Gasteiger partial charge < -0.3 is 9.84 Å². The molecule has 1 N–H and O–H groups in total. The molecule has 0 aromatic carbocycles. The van der Waals surface area contributed by atoms with Crippen molar-refractivity contribution in [3.05, 3.63) is 11.7 Å². The number of hydrogen-bond acceptors (Lipinski definition) is 6. The maximum atomic E-state index is 11.7. The molecule has 1 unspecified atom stereocenters. The molecular formula is C11H19N3O3S. The lowest BCUT2D eigenvalue weighted by Gasteiger charge is -2.19. The minimum absolute atomic E-state index is 0.172. The van der Waals surface area contributed by atoms with E-state index in [1.807, 2.05) is 0 Å². The van der Waals surface area contributed by atoms with Gasteiger partial charge in [-0.3, -0.25) is 0 Å². The summed E-state index contributed by atoms with van der Waals surface area (Å²) in [7, 11) is -3.28. The third-order valence-electron chi connectivity index (χ3n) is 3.55. The minimum Gasteiger partial charge on any atom is -0.338 e. The lowest BCUT2D eigenvalue weighted by Crippen LogP contribution is -2.30. The lowest BCUT2D eigenvalue weighted by molar-refractivity contribution is 0.337. The molecule has 7 heteroatoms. The normalized spacial score (nSPS) is 22.1. The topological polar surface area (TPSA) is 85.1 Å². The molecule has 0 radical (unpaired) electrons. The Morgan fingerprint density at radius 1 is 1.44 bits per heavy atom. The van der Waals surface area contributed by atoms with Crippen molar-refractivity contribution in [2.24, 2.45) is 0 Å². The fourth-order valence-corrected chi connectivity index (χ4v) is 2.28. The van der Waals surface area contributed by atoms with Gasteiger partial charge in [0, 0.05) is 18.7 Å². The highest BCUT2D eigenvalue weighted by molar-refractivity contribution is 7.91. The SMILES string of the molecule is CC(C)(c1nc(C2CCCNC2)no1)S(C)(=O)=O. The van der Waals surface area contributed by atoms with E-state index in [9.17, 15) is 8.42 Å². The number of piperidine rings is 1. The summed E-state index contributed by atoms with van der Waals surface area (Å²) in [5.41, 5.74) is 0. The summed E-state index contributed by atoms with van der Waals surface area (Å²) < 4.78 is 27.4. The monoisotopic (exact) mass is 273 g/mol. The molecule has 6 nitrogen and oxygen atoms in total. The fraction of sp³-hybridized carbons (Fsp3) is 0.818. The highest BCUT2D eigenvalue weighted by Gasteiger charge is 2.38. The van der Waals surface area contributed by atoms with Gasteiger partial charge in [-0.05, 0) is 33.2 Å². The van der Waals surface area contributed by atoms with E-state index in [1.165, 1.54) is 6.26 Å². The molecule has 1 aromatic heterocycles. The molecule has 0 aliphatic carbocycles. The quantitative estimate of drug-likeness (QED) is 0.877. The van der Waals surface area contributed by atoms with Crippen LogP contribution in [0.2, 0.25) is 0 Å². The Hall–Kier alpha value is -0.950. The van der Waals surface area contributed by atoms with Crippen LogP contribution in [-0.2, 0) is 14.6 Å². The van der Waals surface area contributed by atoms with E-state index in [0.29, 0.717) is 5.82 Å². The number of hydrogen-bond donors (Lipinski definition) is 1. The van der Waals surface area contributed by atoms with Gasteiger partial charge in [0.25, 0.3) is 0 Å². The van der Waals surface area contributed by atoms with Crippen LogP contribution in [0.4, 0.5) is 0 Å². The minimum atomic E-state index is -3.28. The molecule has 0 bridgehead atoms. The van der Waals surface area contributed by atoms with Crippen LogP contribution in [0.1, 0.15) is 44.3 Å². The van der Waals surface area contributed by atoms with Crippen molar-refractivity contribution in [2.75, 3.05) is 19.3 Å². The molecular weight excluding hydrogens is 254 g/mol. The van der Waals surface area contributed by atoms with Crippen LogP contribution >= 0.6 is 0 Å². The van der Waals surface area contributed by atoms with Crippen LogP contribution in [0.15, 0.2) is 4.52 Å². The Labute approximate surface area is 107 Å². The highest BCUT2D eigenvalue weighted by atomic mass is 32.2. The van der Waals surface area contributed by atoms with Gasteiger partial charge in [0.05, 0.1) is 0 Å². The molecule has 1 aliphatic rings. The van der Waals surface area contributed by atoms with Gasteiger partial charge in [0.1, 0.15) is 4.75 Å². The number of rotatable bonds is 3. The molecule has 0 saturated carbocycles. The van der Waals surface area contributed by atoms with E-state index in [4.69, 9.17) is 4.52 Å². The van der Waals surface area contributed by atoms with Crippen LogP contribution in [-0.4, -0.2) is 37.9 Å². The number of nitrogens with one attached hydrogen (secondary N) is 1. The van der Waals surface area contributed by atoms with Gasteiger partial charge >= 0.3 is 0 Å². The number of nitrogens with zero attached hydrogens (tertiary/aromatic N) is 2. The summed E-state index contributed by atoms with van der Waals surface area (Å²) in [5.74, 6) is 0.992. The second-order valence-electron chi connectivity index (χ2n) is 5.28. The summed E-state index contributed by atoms with van der Waals surface area (Å²) in [4.78, 5) is 4.28. The average molecular weight is 273 g/mol. The van der Waals surface area contributed by atoms with Gasteiger partial charge in [-0.25, -0.2) is 8.42 Å². The molecule has 2 heterocycles. The third-order valence-corrected chi connectivity index (χ3v) is 5.57. The standard InChI is InChI=1S/C11H19N3O3S/c1-11(2,18(3,15)16)10-13-9(14-17-10)8-5-4-6-12-7-8/h8,12H,4-7H2,1-3H3. The summed E-state index contributed by atoms with van der Waals surface area (Å²) in [5, 5.41) is 7.20. The molecule has 1 atom stereocenters. The van der Waals surface area contributed by atoms with Crippen LogP contribution in [0, 0.1) is 0 Å². The summed E-state index contributed by atoms with van der Waals surface area (Å²) >= 11 is 0. The van der Waals surface area contributed by atoms with E-state index in [2.05, 4.69) is 15.5 Å². The predicted molar refractivity (Wildman–Crippen MR) is 67.0 cm³/mol. The van der Waals surface area contributed by atoms with Crippen molar-refractivity contribution < 1.29 is 12.9 Å². The Morgan fingerprint density at radius 2 is 2.17 bits per heavy atom. The zero-order valence-electron chi connectivity index (χ0n) is 10.9. The summed E-state index contributed by atoms with van der Waals surface area (Å²) in [6.07, 6.45) is 3.26. The largest absolute Gasteiger partial charge is 0.338 e. The maximum absolute atomic E-state index is 11.7. The average Bonchev–Trinajstić information content (AvgIpc) is 2.78. The zero-order chi connectivity index (χ0) is 13.4. The first-order chi connectivity index (χ1) is 8.32. The van der Waals surface area contributed by atoms with Crippen LogP contribution in [0.5, 0.6) is 0 Å². The van der Waals surface area contributed by atoms with Gasteiger partial charge in [-0.2, -0.15) is 4.98 Å². The Morgan fingerprint density at radius 3 is 2.72 bits per heavy atom. The van der Waals surface area contributed by atoms with Crippen LogP contribution < -0.4 is 5.32 Å². The molecule has 0 spiro atoms. The van der Waals surface area contributed by atoms with Crippen LogP contribution in [0.3, 0.4) is 0 Å². The summed E-state index contributed by atoms with van der Waals surface area (Å²) in [6, 6.07) is 0.